The average Bonchev–Trinajstić information content (AvgIpc) is 3.41. The van der Waals surface area contributed by atoms with E-state index in [1.54, 1.807) is 0 Å². The molecule has 5 rings (SSSR count). The van der Waals surface area contributed by atoms with Gasteiger partial charge in [0, 0.05) is 32.7 Å². The first-order chi connectivity index (χ1) is 15.2. The van der Waals surface area contributed by atoms with Crippen molar-refractivity contribution in [2.24, 2.45) is 4.99 Å². The molecule has 0 atom stereocenters. The van der Waals surface area contributed by atoms with Crippen molar-refractivity contribution >= 4 is 28.9 Å². The van der Waals surface area contributed by atoms with Crippen molar-refractivity contribution in [1.29, 1.82) is 0 Å². The number of piperazine rings is 1. The molecular weight excluding hydrogens is 410 g/mol. The van der Waals surface area contributed by atoms with E-state index in [1.807, 2.05) is 54.6 Å². The molecular formula is C24H23N3O3S. The van der Waals surface area contributed by atoms with Gasteiger partial charge in [0.1, 0.15) is 0 Å². The summed E-state index contributed by atoms with van der Waals surface area (Å²) < 4.78 is 10.9. The van der Waals surface area contributed by atoms with Crippen LogP contribution in [-0.2, 0) is 11.3 Å². The smallest absolute Gasteiger partial charge is 0.286 e. The Labute approximate surface area is 185 Å². The highest BCUT2D eigenvalue weighted by atomic mass is 32.2. The molecule has 2 aromatic carbocycles. The Kier molecular flexibility index (Phi) is 5.78. The van der Waals surface area contributed by atoms with Crippen molar-refractivity contribution in [2.75, 3.05) is 33.0 Å². The minimum absolute atomic E-state index is 0.152. The lowest BCUT2D eigenvalue weighted by Crippen LogP contribution is -2.47. The predicted molar refractivity (Wildman–Crippen MR) is 123 cm³/mol. The lowest BCUT2D eigenvalue weighted by Gasteiger charge is -2.35. The minimum atomic E-state index is -0.152. The van der Waals surface area contributed by atoms with Gasteiger partial charge in [0.25, 0.3) is 5.91 Å². The summed E-state index contributed by atoms with van der Waals surface area (Å²) in [6.45, 7) is 4.74. The quantitative estimate of drug-likeness (QED) is 0.685. The van der Waals surface area contributed by atoms with Gasteiger partial charge in [-0.3, -0.25) is 9.69 Å². The van der Waals surface area contributed by atoms with Gasteiger partial charge in [0.05, 0.1) is 4.91 Å². The molecule has 158 valence electrons. The number of rotatable bonds is 4. The SMILES string of the molecule is O=C1N=C(N2CCN(Cc3ccc4c(c3)OCO4)CC2)S/C1=C\C=C\c1ccccc1. The Balaban J connectivity index is 1.14. The van der Waals surface area contributed by atoms with Gasteiger partial charge in [-0.05, 0) is 41.1 Å². The van der Waals surface area contributed by atoms with Crippen LogP contribution in [0.2, 0.25) is 0 Å². The topological polar surface area (TPSA) is 54.4 Å². The van der Waals surface area contributed by atoms with Gasteiger partial charge in [-0.2, -0.15) is 4.99 Å². The Hall–Kier alpha value is -3.03. The lowest BCUT2D eigenvalue weighted by molar-refractivity contribution is -0.113. The zero-order chi connectivity index (χ0) is 21.0. The zero-order valence-electron chi connectivity index (χ0n) is 17.1. The van der Waals surface area contributed by atoms with E-state index in [0.717, 1.165) is 55.0 Å². The molecule has 31 heavy (non-hydrogen) atoms. The summed E-state index contributed by atoms with van der Waals surface area (Å²) in [6.07, 6.45) is 5.76. The summed E-state index contributed by atoms with van der Waals surface area (Å²) in [4.78, 5) is 21.9. The fourth-order valence-corrected chi connectivity index (χ4v) is 4.67. The standard InChI is InChI=1S/C24H23N3O3S/c28-23-22(8-4-7-18-5-2-1-3-6-18)31-24(25-23)27-13-11-26(12-14-27)16-19-9-10-20-21(15-19)30-17-29-20/h1-10,15H,11-14,16-17H2/b7-4+,22-8-. The van der Waals surface area contributed by atoms with Crippen molar-refractivity contribution in [3.63, 3.8) is 0 Å². The third kappa shape index (κ3) is 4.68. The van der Waals surface area contributed by atoms with Crippen molar-refractivity contribution in [3.8, 4) is 11.5 Å². The van der Waals surface area contributed by atoms with E-state index in [-0.39, 0.29) is 5.91 Å². The monoisotopic (exact) mass is 433 g/mol. The number of fused-ring (bicyclic) bond motifs is 1. The molecule has 0 aliphatic carbocycles. The van der Waals surface area contributed by atoms with Crippen LogP contribution < -0.4 is 9.47 Å². The van der Waals surface area contributed by atoms with Crippen molar-refractivity contribution in [3.05, 3.63) is 76.7 Å². The first kappa shape index (κ1) is 19.9. The van der Waals surface area contributed by atoms with Crippen LogP contribution in [0.4, 0.5) is 0 Å². The Morgan fingerprint density at radius 2 is 1.81 bits per heavy atom. The number of hydrogen-bond donors (Lipinski definition) is 0. The zero-order valence-corrected chi connectivity index (χ0v) is 17.9. The number of amidine groups is 1. The van der Waals surface area contributed by atoms with Crippen molar-refractivity contribution in [1.82, 2.24) is 9.80 Å². The largest absolute Gasteiger partial charge is 0.454 e. The molecule has 3 aliphatic heterocycles. The number of thioether (sulfide) groups is 1. The Morgan fingerprint density at radius 1 is 1.00 bits per heavy atom. The van der Waals surface area contributed by atoms with Crippen molar-refractivity contribution < 1.29 is 14.3 Å². The lowest BCUT2D eigenvalue weighted by atomic mass is 10.1. The molecule has 1 amide bonds. The number of hydrogen-bond acceptors (Lipinski definition) is 6. The molecule has 0 saturated carbocycles. The molecule has 2 aromatic rings. The molecule has 0 radical (unpaired) electrons. The molecule has 3 aliphatic rings. The van der Waals surface area contributed by atoms with Crippen LogP contribution in [0.25, 0.3) is 6.08 Å². The Bertz CT molecular complexity index is 1060. The molecule has 3 heterocycles. The Morgan fingerprint density at radius 3 is 2.65 bits per heavy atom. The molecule has 0 N–H and O–H groups in total. The maximum absolute atomic E-state index is 12.3. The van der Waals surface area contributed by atoms with E-state index in [4.69, 9.17) is 9.47 Å². The third-order valence-electron chi connectivity index (χ3n) is 5.43. The van der Waals surface area contributed by atoms with Crippen LogP contribution in [0.1, 0.15) is 11.1 Å². The van der Waals surface area contributed by atoms with Crippen LogP contribution in [0, 0.1) is 0 Å². The first-order valence-electron chi connectivity index (χ1n) is 10.3. The number of carbonyl (C=O) groups excluding carboxylic acids is 1. The van der Waals surface area contributed by atoms with Crippen LogP contribution in [0.5, 0.6) is 11.5 Å². The molecule has 0 unspecified atom stereocenters. The van der Waals surface area contributed by atoms with Gasteiger partial charge in [0.2, 0.25) is 6.79 Å². The van der Waals surface area contributed by atoms with Gasteiger partial charge in [-0.15, -0.1) is 0 Å². The van der Waals surface area contributed by atoms with Crippen molar-refractivity contribution in [2.45, 2.75) is 6.54 Å². The number of allylic oxidation sites excluding steroid dienone is 2. The molecule has 7 heteroatoms. The molecule has 1 saturated heterocycles. The number of aliphatic imine (C=N–C) groups is 1. The molecule has 0 spiro atoms. The van der Waals surface area contributed by atoms with Crippen LogP contribution >= 0.6 is 11.8 Å². The third-order valence-corrected chi connectivity index (χ3v) is 6.49. The van der Waals surface area contributed by atoms with E-state index >= 15 is 0 Å². The van der Waals surface area contributed by atoms with Gasteiger partial charge in [-0.25, -0.2) is 0 Å². The normalized spacial score (nSPS) is 20.1. The summed E-state index contributed by atoms with van der Waals surface area (Å²) in [5.41, 5.74) is 2.32. The molecule has 0 bridgehead atoms. The predicted octanol–water partition coefficient (Wildman–Crippen LogP) is 3.76. The second-order valence-electron chi connectivity index (χ2n) is 7.55. The number of benzene rings is 2. The van der Waals surface area contributed by atoms with Gasteiger partial charge in [0.15, 0.2) is 16.7 Å². The summed E-state index contributed by atoms with van der Waals surface area (Å²) >= 11 is 1.47. The second kappa shape index (κ2) is 8.99. The highest BCUT2D eigenvalue weighted by Gasteiger charge is 2.28. The second-order valence-corrected chi connectivity index (χ2v) is 8.56. The summed E-state index contributed by atoms with van der Waals surface area (Å²) in [5, 5.41) is 0.812. The van der Waals surface area contributed by atoms with Gasteiger partial charge in [-0.1, -0.05) is 48.6 Å². The van der Waals surface area contributed by atoms with E-state index in [1.165, 1.54) is 17.3 Å². The molecule has 6 nitrogen and oxygen atoms in total. The van der Waals surface area contributed by atoms with Crippen LogP contribution in [-0.4, -0.2) is 53.8 Å². The minimum Gasteiger partial charge on any atom is -0.454 e. The summed E-state index contributed by atoms with van der Waals surface area (Å²) in [7, 11) is 0. The van der Waals surface area contributed by atoms with E-state index in [9.17, 15) is 4.79 Å². The fourth-order valence-electron chi connectivity index (χ4n) is 3.75. The van der Waals surface area contributed by atoms with Gasteiger partial charge >= 0.3 is 0 Å². The maximum Gasteiger partial charge on any atom is 0.286 e. The number of nitrogens with zero attached hydrogens (tertiary/aromatic N) is 3. The van der Waals surface area contributed by atoms with E-state index in [2.05, 4.69) is 26.9 Å². The molecule has 1 fully saturated rings. The number of ether oxygens (including phenoxy) is 2. The highest BCUT2D eigenvalue weighted by molar-refractivity contribution is 8.18. The summed E-state index contributed by atoms with van der Waals surface area (Å²) in [5.74, 6) is 1.49. The van der Waals surface area contributed by atoms with Crippen LogP contribution in [0.3, 0.4) is 0 Å². The fraction of sp³-hybridized carbons (Fsp3) is 0.250. The first-order valence-corrected chi connectivity index (χ1v) is 11.2. The number of amides is 1. The average molecular weight is 434 g/mol. The maximum atomic E-state index is 12.3. The molecule has 0 aromatic heterocycles. The van der Waals surface area contributed by atoms with E-state index in [0.29, 0.717) is 11.7 Å². The van der Waals surface area contributed by atoms with Gasteiger partial charge < -0.3 is 14.4 Å². The van der Waals surface area contributed by atoms with E-state index < -0.39 is 0 Å². The van der Waals surface area contributed by atoms with Crippen LogP contribution in [0.15, 0.2) is 70.6 Å². The summed E-state index contributed by atoms with van der Waals surface area (Å²) in [6, 6.07) is 16.2. The highest BCUT2D eigenvalue weighted by Crippen LogP contribution is 2.33. The number of carbonyl (C=O) groups is 1.